The molecule has 1 unspecified atom stereocenters. The van der Waals surface area contributed by atoms with Crippen LogP contribution in [0.3, 0.4) is 0 Å². The number of carboxylic acids is 1. The van der Waals surface area contributed by atoms with E-state index in [0.29, 0.717) is 22.9 Å². The van der Waals surface area contributed by atoms with Crippen LogP contribution in [0.2, 0.25) is 0 Å². The predicted octanol–water partition coefficient (Wildman–Crippen LogP) is 2.34. The average molecular weight is 288 g/mol. The first kappa shape index (κ1) is 14.6. The summed E-state index contributed by atoms with van der Waals surface area (Å²) in [6.07, 6.45) is 1.47. The fourth-order valence-electron chi connectivity index (χ4n) is 1.89. The summed E-state index contributed by atoms with van der Waals surface area (Å²) in [6.45, 7) is 0. The quantitative estimate of drug-likeness (QED) is 0.849. The number of carboxylic acid groups (broad SMARTS) is 1. The summed E-state index contributed by atoms with van der Waals surface area (Å²) >= 11 is 0. The lowest BCUT2D eigenvalue weighted by atomic mass is 10.1. The zero-order valence-electron chi connectivity index (χ0n) is 11.7. The van der Waals surface area contributed by atoms with Gasteiger partial charge in [0.2, 0.25) is 5.88 Å². The summed E-state index contributed by atoms with van der Waals surface area (Å²) in [6, 6.07) is 9.48. The van der Waals surface area contributed by atoms with Gasteiger partial charge in [0.05, 0.1) is 19.9 Å². The fraction of sp³-hybridized carbons (Fsp3) is 0.200. The molecule has 110 valence electrons. The van der Waals surface area contributed by atoms with Gasteiger partial charge in [-0.25, -0.2) is 9.78 Å². The molecule has 0 saturated carbocycles. The van der Waals surface area contributed by atoms with E-state index >= 15 is 0 Å². The van der Waals surface area contributed by atoms with Crippen LogP contribution in [0.5, 0.6) is 11.6 Å². The Morgan fingerprint density at radius 1 is 1.19 bits per heavy atom. The molecular weight excluding hydrogens is 272 g/mol. The Morgan fingerprint density at radius 2 is 1.95 bits per heavy atom. The normalized spacial score (nSPS) is 11.5. The SMILES string of the molecule is COc1ccc(C(Nc2ccccc2OC)C(=O)O)cn1. The second-order valence-electron chi connectivity index (χ2n) is 4.25. The summed E-state index contributed by atoms with van der Waals surface area (Å²) in [5.41, 5.74) is 1.12. The fourth-order valence-corrected chi connectivity index (χ4v) is 1.89. The Labute approximate surface area is 122 Å². The van der Waals surface area contributed by atoms with Crippen molar-refractivity contribution in [1.29, 1.82) is 0 Å². The number of aliphatic carboxylic acids is 1. The first-order valence-electron chi connectivity index (χ1n) is 6.28. The zero-order chi connectivity index (χ0) is 15.2. The number of ether oxygens (including phenoxy) is 2. The van der Waals surface area contributed by atoms with E-state index < -0.39 is 12.0 Å². The predicted molar refractivity (Wildman–Crippen MR) is 77.8 cm³/mol. The molecule has 2 aromatic rings. The Bertz CT molecular complexity index is 613. The highest BCUT2D eigenvalue weighted by Gasteiger charge is 2.21. The van der Waals surface area contributed by atoms with Gasteiger partial charge in [-0.3, -0.25) is 0 Å². The molecule has 0 radical (unpaired) electrons. The van der Waals surface area contributed by atoms with Gasteiger partial charge in [-0.05, 0) is 18.2 Å². The van der Waals surface area contributed by atoms with Gasteiger partial charge in [0, 0.05) is 17.8 Å². The summed E-state index contributed by atoms with van der Waals surface area (Å²) < 4.78 is 10.2. The van der Waals surface area contributed by atoms with Crippen molar-refractivity contribution in [2.24, 2.45) is 0 Å². The largest absolute Gasteiger partial charge is 0.495 e. The van der Waals surface area contributed by atoms with Crippen molar-refractivity contribution < 1.29 is 19.4 Å². The van der Waals surface area contributed by atoms with Crippen LogP contribution in [0.1, 0.15) is 11.6 Å². The minimum Gasteiger partial charge on any atom is -0.495 e. The van der Waals surface area contributed by atoms with Crippen molar-refractivity contribution in [1.82, 2.24) is 4.98 Å². The number of nitrogens with zero attached hydrogens (tertiary/aromatic N) is 1. The highest BCUT2D eigenvalue weighted by Crippen LogP contribution is 2.28. The molecular formula is C15H16N2O4. The van der Waals surface area contributed by atoms with E-state index in [4.69, 9.17) is 9.47 Å². The number of para-hydroxylation sites is 2. The van der Waals surface area contributed by atoms with E-state index in [1.54, 1.807) is 30.3 Å². The molecule has 0 saturated heterocycles. The van der Waals surface area contributed by atoms with Crippen LogP contribution in [-0.4, -0.2) is 30.3 Å². The lowest BCUT2D eigenvalue weighted by Crippen LogP contribution is -2.21. The van der Waals surface area contributed by atoms with Crippen LogP contribution in [0.15, 0.2) is 42.6 Å². The first-order chi connectivity index (χ1) is 10.2. The second-order valence-corrected chi connectivity index (χ2v) is 4.25. The molecule has 0 aliphatic heterocycles. The van der Waals surface area contributed by atoms with Crippen LogP contribution >= 0.6 is 0 Å². The van der Waals surface area contributed by atoms with Gasteiger partial charge in [-0.1, -0.05) is 12.1 Å². The minimum atomic E-state index is -1.01. The summed E-state index contributed by atoms with van der Waals surface area (Å²) in [7, 11) is 3.04. The average Bonchev–Trinajstić information content (AvgIpc) is 2.53. The van der Waals surface area contributed by atoms with E-state index in [0.717, 1.165) is 0 Å². The van der Waals surface area contributed by atoms with Crippen LogP contribution in [0.25, 0.3) is 0 Å². The third-order valence-corrected chi connectivity index (χ3v) is 2.96. The molecule has 0 aliphatic carbocycles. The third-order valence-electron chi connectivity index (χ3n) is 2.96. The van der Waals surface area contributed by atoms with Crippen LogP contribution in [0.4, 0.5) is 5.69 Å². The number of rotatable bonds is 6. The molecule has 0 amide bonds. The van der Waals surface area contributed by atoms with Crippen LogP contribution < -0.4 is 14.8 Å². The monoisotopic (exact) mass is 288 g/mol. The summed E-state index contributed by atoms with van der Waals surface area (Å²) in [4.78, 5) is 15.5. The summed E-state index contributed by atoms with van der Waals surface area (Å²) in [5, 5.41) is 12.4. The second kappa shape index (κ2) is 6.60. The number of carbonyl (C=O) groups is 1. The van der Waals surface area contributed by atoms with Crippen molar-refractivity contribution in [3.05, 3.63) is 48.2 Å². The highest BCUT2D eigenvalue weighted by atomic mass is 16.5. The van der Waals surface area contributed by atoms with Gasteiger partial charge < -0.3 is 19.9 Å². The van der Waals surface area contributed by atoms with Crippen LogP contribution in [0, 0.1) is 0 Å². The number of pyridine rings is 1. The van der Waals surface area contributed by atoms with Crippen molar-refractivity contribution >= 4 is 11.7 Å². The maximum absolute atomic E-state index is 11.5. The van der Waals surface area contributed by atoms with E-state index in [1.165, 1.54) is 20.4 Å². The number of nitrogens with one attached hydrogen (secondary N) is 1. The maximum Gasteiger partial charge on any atom is 0.330 e. The molecule has 0 aliphatic rings. The van der Waals surface area contributed by atoms with Gasteiger partial charge in [-0.2, -0.15) is 0 Å². The Kier molecular flexibility index (Phi) is 4.61. The van der Waals surface area contributed by atoms with Crippen LogP contribution in [-0.2, 0) is 4.79 Å². The molecule has 2 N–H and O–H groups in total. The minimum absolute atomic E-state index is 0.431. The number of benzene rings is 1. The lowest BCUT2D eigenvalue weighted by Gasteiger charge is -2.18. The molecule has 0 fully saturated rings. The van der Waals surface area contributed by atoms with Gasteiger partial charge in [0.25, 0.3) is 0 Å². The summed E-state index contributed by atoms with van der Waals surface area (Å²) in [5.74, 6) is -0.00160. The van der Waals surface area contributed by atoms with Crippen molar-refractivity contribution in [3.8, 4) is 11.6 Å². The van der Waals surface area contributed by atoms with E-state index in [-0.39, 0.29) is 0 Å². The number of hydrogen-bond donors (Lipinski definition) is 2. The Morgan fingerprint density at radius 3 is 2.52 bits per heavy atom. The van der Waals surface area contributed by atoms with Gasteiger partial charge >= 0.3 is 5.97 Å². The molecule has 0 bridgehead atoms. The topological polar surface area (TPSA) is 80.7 Å². The molecule has 1 atom stereocenters. The van der Waals surface area contributed by atoms with Gasteiger partial charge in [0.15, 0.2) is 6.04 Å². The van der Waals surface area contributed by atoms with Crippen molar-refractivity contribution in [3.63, 3.8) is 0 Å². The number of hydrogen-bond acceptors (Lipinski definition) is 5. The Hall–Kier alpha value is -2.76. The van der Waals surface area contributed by atoms with E-state index in [2.05, 4.69) is 10.3 Å². The molecule has 21 heavy (non-hydrogen) atoms. The standard InChI is InChI=1S/C15H16N2O4/c1-20-12-6-4-3-5-11(12)17-14(15(18)19)10-7-8-13(21-2)16-9-10/h3-9,14,17H,1-2H3,(H,18,19). The molecule has 6 nitrogen and oxygen atoms in total. The molecule has 0 spiro atoms. The molecule has 1 aromatic carbocycles. The lowest BCUT2D eigenvalue weighted by molar-refractivity contribution is -0.138. The zero-order valence-corrected chi connectivity index (χ0v) is 11.7. The van der Waals surface area contributed by atoms with Crippen molar-refractivity contribution in [2.45, 2.75) is 6.04 Å². The molecule has 1 aromatic heterocycles. The van der Waals surface area contributed by atoms with E-state index in [9.17, 15) is 9.90 Å². The Balaban J connectivity index is 2.28. The smallest absolute Gasteiger partial charge is 0.330 e. The van der Waals surface area contributed by atoms with E-state index in [1.807, 2.05) is 6.07 Å². The number of anilines is 1. The van der Waals surface area contributed by atoms with Crippen molar-refractivity contribution in [2.75, 3.05) is 19.5 Å². The molecule has 2 rings (SSSR count). The third kappa shape index (κ3) is 3.42. The molecule has 1 heterocycles. The first-order valence-corrected chi connectivity index (χ1v) is 6.28. The number of aromatic nitrogens is 1. The maximum atomic E-state index is 11.5. The van der Waals surface area contributed by atoms with Gasteiger partial charge in [0.1, 0.15) is 5.75 Å². The number of methoxy groups -OCH3 is 2. The van der Waals surface area contributed by atoms with Gasteiger partial charge in [-0.15, -0.1) is 0 Å². The highest BCUT2D eigenvalue weighted by molar-refractivity contribution is 5.80. The molecule has 6 heteroatoms.